The van der Waals surface area contributed by atoms with Crippen molar-refractivity contribution < 1.29 is 8.42 Å². The van der Waals surface area contributed by atoms with E-state index in [2.05, 4.69) is 26.1 Å². The van der Waals surface area contributed by atoms with Gasteiger partial charge in [0.15, 0.2) is 9.84 Å². The summed E-state index contributed by atoms with van der Waals surface area (Å²) in [6.07, 6.45) is 2.30. The summed E-state index contributed by atoms with van der Waals surface area (Å²) in [4.78, 5) is 0.398. The minimum atomic E-state index is -3.09. The second-order valence-electron chi connectivity index (χ2n) is 5.22. The van der Waals surface area contributed by atoms with Gasteiger partial charge in [-0.3, -0.25) is 0 Å². The van der Waals surface area contributed by atoms with Gasteiger partial charge in [-0.2, -0.15) is 0 Å². The summed E-state index contributed by atoms with van der Waals surface area (Å²) in [5, 5.41) is 3.41. The summed E-state index contributed by atoms with van der Waals surface area (Å²) >= 11 is 0. The third-order valence-electron chi connectivity index (χ3n) is 3.46. The van der Waals surface area contributed by atoms with Crippen LogP contribution < -0.4 is 5.32 Å². The molecule has 0 aromatic heterocycles. The van der Waals surface area contributed by atoms with E-state index < -0.39 is 9.84 Å². The second kappa shape index (κ2) is 6.94. The van der Waals surface area contributed by atoms with E-state index in [1.54, 1.807) is 19.1 Å². The molecule has 0 aliphatic heterocycles. The van der Waals surface area contributed by atoms with Crippen molar-refractivity contribution >= 4 is 15.5 Å². The molecule has 4 heteroatoms. The Morgan fingerprint density at radius 1 is 1.11 bits per heavy atom. The number of hydrogen-bond donors (Lipinski definition) is 1. The predicted octanol–water partition coefficient (Wildman–Crippen LogP) is 3.72. The van der Waals surface area contributed by atoms with Crippen LogP contribution in [0.4, 0.5) is 5.69 Å². The van der Waals surface area contributed by atoms with E-state index in [4.69, 9.17) is 0 Å². The fourth-order valence-corrected chi connectivity index (χ4v) is 2.92. The molecule has 0 saturated heterocycles. The summed E-state index contributed by atoms with van der Waals surface area (Å²) in [6.45, 7) is 8.26. The van der Waals surface area contributed by atoms with Gasteiger partial charge in [0, 0.05) is 11.7 Å². The van der Waals surface area contributed by atoms with Gasteiger partial charge in [0.05, 0.1) is 10.6 Å². The monoisotopic (exact) mass is 283 g/mol. The lowest BCUT2D eigenvalue weighted by Gasteiger charge is -2.18. The van der Waals surface area contributed by atoms with Gasteiger partial charge in [-0.25, -0.2) is 8.42 Å². The number of benzene rings is 1. The van der Waals surface area contributed by atoms with Crippen molar-refractivity contribution in [2.75, 3.05) is 11.1 Å². The number of nitrogens with one attached hydrogen (secondary N) is 1. The topological polar surface area (TPSA) is 46.2 Å². The molecule has 19 heavy (non-hydrogen) atoms. The molecule has 0 saturated carbocycles. The largest absolute Gasteiger partial charge is 0.383 e. The minimum Gasteiger partial charge on any atom is -0.383 e. The molecule has 0 amide bonds. The Labute approximate surface area is 117 Å². The third-order valence-corrected chi connectivity index (χ3v) is 5.21. The molecular formula is C15H25NO2S. The Bertz CT molecular complexity index is 479. The molecule has 0 aliphatic carbocycles. The van der Waals surface area contributed by atoms with Crippen molar-refractivity contribution in [3.05, 3.63) is 24.3 Å². The molecule has 0 bridgehead atoms. The van der Waals surface area contributed by atoms with Gasteiger partial charge in [0.25, 0.3) is 0 Å². The van der Waals surface area contributed by atoms with Gasteiger partial charge in [0.1, 0.15) is 0 Å². The third kappa shape index (κ3) is 4.86. The zero-order valence-corrected chi connectivity index (χ0v) is 13.1. The summed E-state index contributed by atoms with van der Waals surface area (Å²) in [7, 11) is -3.09. The van der Waals surface area contributed by atoms with E-state index in [9.17, 15) is 8.42 Å². The van der Waals surface area contributed by atoms with Crippen LogP contribution in [0, 0.1) is 5.92 Å². The van der Waals surface area contributed by atoms with Crippen LogP contribution in [0.25, 0.3) is 0 Å². The van der Waals surface area contributed by atoms with Gasteiger partial charge in [-0.1, -0.05) is 27.2 Å². The Morgan fingerprint density at radius 3 is 2.16 bits per heavy atom. The average molecular weight is 283 g/mol. The molecule has 0 fully saturated rings. The quantitative estimate of drug-likeness (QED) is 0.829. The second-order valence-corrected chi connectivity index (χ2v) is 7.50. The van der Waals surface area contributed by atoms with Crippen LogP contribution >= 0.6 is 0 Å². The lowest BCUT2D eigenvalue weighted by Crippen LogP contribution is -2.18. The van der Waals surface area contributed by atoms with Crippen molar-refractivity contribution in [3.63, 3.8) is 0 Å². The lowest BCUT2D eigenvalue weighted by atomic mass is 10.0. The van der Waals surface area contributed by atoms with Crippen LogP contribution in [0.2, 0.25) is 0 Å². The molecule has 0 radical (unpaired) electrons. The van der Waals surface area contributed by atoms with Crippen molar-refractivity contribution in [3.8, 4) is 0 Å². The zero-order chi connectivity index (χ0) is 14.5. The van der Waals surface area contributed by atoms with Crippen LogP contribution in [0.3, 0.4) is 0 Å². The molecule has 1 rings (SSSR count). The van der Waals surface area contributed by atoms with E-state index in [0.29, 0.717) is 16.9 Å². The molecular weight excluding hydrogens is 258 g/mol. The highest BCUT2D eigenvalue weighted by atomic mass is 32.2. The number of rotatable bonds is 7. The summed E-state index contributed by atoms with van der Waals surface area (Å²) in [5.41, 5.74) is 0.978. The van der Waals surface area contributed by atoms with E-state index >= 15 is 0 Å². The Hall–Kier alpha value is -1.03. The summed E-state index contributed by atoms with van der Waals surface area (Å²) < 4.78 is 23.4. The highest BCUT2D eigenvalue weighted by Crippen LogP contribution is 2.18. The first kappa shape index (κ1) is 16.0. The van der Waals surface area contributed by atoms with Crippen LogP contribution in [-0.4, -0.2) is 20.2 Å². The van der Waals surface area contributed by atoms with Crippen molar-refractivity contribution in [1.29, 1.82) is 0 Å². The Kier molecular flexibility index (Phi) is 5.85. The van der Waals surface area contributed by atoms with Crippen molar-refractivity contribution in [2.45, 2.75) is 51.5 Å². The fraction of sp³-hybridized carbons (Fsp3) is 0.600. The van der Waals surface area contributed by atoms with Gasteiger partial charge in [0.2, 0.25) is 0 Å². The van der Waals surface area contributed by atoms with Crippen LogP contribution in [-0.2, 0) is 9.84 Å². The molecule has 1 aromatic carbocycles. The predicted molar refractivity (Wildman–Crippen MR) is 81.3 cm³/mol. The normalized spacial score (nSPS) is 14.9. The molecule has 1 N–H and O–H groups in total. The SMILES string of the molecule is CCC(C)CC(C)Nc1ccc(S(=O)(=O)CC)cc1. The molecule has 108 valence electrons. The van der Waals surface area contributed by atoms with Gasteiger partial charge in [-0.05, 0) is 43.5 Å². The smallest absolute Gasteiger partial charge is 0.178 e. The van der Waals surface area contributed by atoms with Gasteiger partial charge < -0.3 is 5.32 Å². The maximum absolute atomic E-state index is 11.7. The molecule has 3 nitrogen and oxygen atoms in total. The average Bonchev–Trinajstić information content (AvgIpc) is 2.39. The zero-order valence-electron chi connectivity index (χ0n) is 12.3. The molecule has 2 unspecified atom stereocenters. The molecule has 0 spiro atoms. The molecule has 0 heterocycles. The number of hydrogen-bond acceptors (Lipinski definition) is 3. The molecule has 0 aliphatic rings. The fourth-order valence-electron chi connectivity index (χ4n) is 2.04. The maximum atomic E-state index is 11.7. The maximum Gasteiger partial charge on any atom is 0.178 e. The van der Waals surface area contributed by atoms with Crippen molar-refractivity contribution in [1.82, 2.24) is 0 Å². The number of sulfone groups is 1. The minimum absolute atomic E-state index is 0.143. The first-order chi connectivity index (χ1) is 8.89. The lowest BCUT2D eigenvalue weighted by molar-refractivity contribution is 0.484. The Morgan fingerprint density at radius 2 is 1.68 bits per heavy atom. The van der Waals surface area contributed by atoms with E-state index in [1.165, 1.54) is 6.42 Å². The number of anilines is 1. The molecule has 1 aromatic rings. The Balaban J connectivity index is 2.67. The first-order valence-electron chi connectivity index (χ1n) is 6.98. The van der Waals surface area contributed by atoms with Crippen LogP contribution in [0.5, 0.6) is 0 Å². The summed E-state index contributed by atoms with van der Waals surface area (Å²) in [6, 6.07) is 7.43. The summed E-state index contributed by atoms with van der Waals surface area (Å²) in [5.74, 6) is 0.840. The van der Waals surface area contributed by atoms with E-state index in [-0.39, 0.29) is 5.75 Å². The van der Waals surface area contributed by atoms with Gasteiger partial charge >= 0.3 is 0 Å². The highest BCUT2D eigenvalue weighted by Gasteiger charge is 2.11. The van der Waals surface area contributed by atoms with Crippen molar-refractivity contribution in [2.24, 2.45) is 5.92 Å². The van der Waals surface area contributed by atoms with E-state index in [0.717, 1.165) is 12.1 Å². The molecule has 2 atom stereocenters. The van der Waals surface area contributed by atoms with Crippen LogP contribution in [0.15, 0.2) is 29.2 Å². The standard InChI is InChI=1S/C15H25NO2S/c1-5-12(3)11-13(4)16-14-7-9-15(10-8-14)19(17,18)6-2/h7-10,12-13,16H,5-6,11H2,1-4H3. The van der Waals surface area contributed by atoms with E-state index in [1.807, 2.05) is 12.1 Å². The highest BCUT2D eigenvalue weighted by molar-refractivity contribution is 7.91. The van der Waals surface area contributed by atoms with Crippen LogP contribution in [0.1, 0.15) is 40.5 Å². The van der Waals surface area contributed by atoms with Gasteiger partial charge in [-0.15, -0.1) is 0 Å². The first-order valence-corrected chi connectivity index (χ1v) is 8.63.